The molecule has 4 rings (SSSR count). The summed E-state index contributed by atoms with van der Waals surface area (Å²) in [6.07, 6.45) is 6.67. The second kappa shape index (κ2) is 13.1. The minimum atomic E-state index is -0.525. The molecule has 0 radical (unpaired) electrons. The van der Waals surface area contributed by atoms with Gasteiger partial charge < -0.3 is 27.9 Å². The summed E-state index contributed by atoms with van der Waals surface area (Å²) in [5.41, 5.74) is 26.2. The van der Waals surface area contributed by atoms with Crippen LogP contribution in [0.1, 0.15) is 56.2 Å². The molecule has 2 heterocycles. The molecule has 4 aromatic rings. The van der Waals surface area contributed by atoms with Crippen molar-refractivity contribution >= 4 is 28.6 Å². The third-order valence-electron chi connectivity index (χ3n) is 6.83. The average molecular weight is 567 g/mol. The van der Waals surface area contributed by atoms with Crippen LogP contribution in [-0.4, -0.2) is 33.1 Å². The number of nitrogens with two attached hydrogens (primary N) is 4. The Hall–Kier alpha value is -3.73. The van der Waals surface area contributed by atoms with Gasteiger partial charge in [0, 0.05) is 35.8 Å². The number of aromatic nitrogens is 3. The largest absolute Gasteiger partial charge is 0.370 e. The number of benzene rings is 2. The van der Waals surface area contributed by atoms with Crippen LogP contribution in [-0.2, 0) is 6.42 Å². The molecule has 0 fully saturated rings. The van der Waals surface area contributed by atoms with Crippen molar-refractivity contribution in [2.24, 2.45) is 27.9 Å². The van der Waals surface area contributed by atoms with E-state index in [9.17, 15) is 4.79 Å². The highest BCUT2D eigenvalue weighted by Crippen LogP contribution is 2.31. The monoisotopic (exact) mass is 566 g/mol. The van der Waals surface area contributed by atoms with Gasteiger partial charge in [-0.1, -0.05) is 23.7 Å². The van der Waals surface area contributed by atoms with Gasteiger partial charge in [0.25, 0.3) is 0 Å². The van der Waals surface area contributed by atoms with Crippen LogP contribution in [0.25, 0.3) is 28.0 Å². The van der Waals surface area contributed by atoms with Gasteiger partial charge in [0.2, 0.25) is 0 Å². The summed E-state index contributed by atoms with van der Waals surface area (Å²) < 4.78 is 16.5. The van der Waals surface area contributed by atoms with Crippen molar-refractivity contribution in [3.8, 4) is 16.9 Å². The zero-order valence-corrected chi connectivity index (χ0v) is 23.3. The van der Waals surface area contributed by atoms with Crippen LogP contribution >= 0.6 is 11.6 Å². The first-order chi connectivity index (χ1) is 19.1. The van der Waals surface area contributed by atoms with Gasteiger partial charge in [-0.25, -0.2) is 9.18 Å². The smallest absolute Gasteiger partial charge is 0.354 e. The lowest BCUT2D eigenvalue weighted by atomic mass is 10.0. The zero-order chi connectivity index (χ0) is 28.8. The van der Waals surface area contributed by atoms with Crippen LogP contribution in [0.3, 0.4) is 0 Å². The number of H-pyrrole nitrogens is 1. The molecule has 0 bridgehead atoms. The van der Waals surface area contributed by atoms with Gasteiger partial charge in [-0.15, -0.1) is 0 Å². The Morgan fingerprint density at radius 3 is 2.55 bits per heavy atom. The Labute approximate surface area is 237 Å². The summed E-state index contributed by atoms with van der Waals surface area (Å²) in [4.78, 5) is 24.1. The average Bonchev–Trinajstić information content (AvgIpc) is 3.32. The number of halogens is 2. The molecular formula is C29H36ClFN8O. The normalized spacial score (nSPS) is 12.9. The SMILES string of the molecule is C[C@H](N)CCCc1cc(Cl)c(F)c(-c2cc3cn(-c4ccc([C@H](N)CCCCN=C(N)N)cc4)c(=O)nc3[nH]2)c1. The first-order valence-electron chi connectivity index (χ1n) is 13.4. The molecule has 0 aliphatic carbocycles. The Bertz CT molecular complexity index is 1540. The van der Waals surface area contributed by atoms with E-state index in [1.165, 1.54) is 4.57 Å². The first-order valence-corrected chi connectivity index (χ1v) is 13.8. The van der Waals surface area contributed by atoms with E-state index in [1.807, 2.05) is 31.2 Å². The number of rotatable bonds is 12. The summed E-state index contributed by atoms with van der Waals surface area (Å²) >= 11 is 6.22. The number of aryl methyl sites for hydroxylation is 1. The lowest BCUT2D eigenvalue weighted by Gasteiger charge is -2.13. The van der Waals surface area contributed by atoms with E-state index in [0.29, 0.717) is 34.5 Å². The van der Waals surface area contributed by atoms with Gasteiger partial charge in [0.1, 0.15) is 5.65 Å². The van der Waals surface area contributed by atoms with Gasteiger partial charge in [-0.2, -0.15) is 4.98 Å². The van der Waals surface area contributed by atoms with Crippen molar-refractivity contribution in [1.29, 1.82) is 0 Å². The third-order valence-corrected chi connectivity index (χ3v) is 7.10. The van der Waals surface area contributed by atoms with Crippen molar-refractivity contribution in [2.75, 3.05) is 6.54 Å². The molecule has 0 amide bonds. The van der Waals surface area contributed by atoms with Gasteiger partial charge in [-0.3, -0.25) is 9.56 Å². The number of unbranched alkanes of at least 4 members (excludes halogenated alkanes) is 1. The summed E-state index contributed by atoms with van der Waals surface area (Å²) in [7, 11) is 0. The number of hydrogen-bond donors (Lipinski definition) is 5. The van der Waals surface area contributed by atoms with E-state index in [0.717, 1.165) is 49.7 Å². The Morgan fingerprint density at radius 1 is 1.10 bits per heavy atom. The first kappa shape index (κ1) is 29.3. The lowest BCUT2D eigenvalue weighted by molar-refractivity contribution is 0.591. The molecule has 0 unspecified atom stereocenters. The Balaban J connectivity index is 1.53. The fraction of sp³-hybridized carbons (Fsp3) is 0.345. The quantitative estimate of drug-likeness (QED) is 0.0973. The Morgan fingerprint density at radius 2 is 1.85 bits per heavy atom. The molecule has 2 aromatic heterocycles. The second-order valence-electron chi connectivity index (χ2n) is 10.2. The van der Waals surface area contributed by atoms with Gasteiger partial charge >= 0.3 is 5.69 Å². The highest BCUT2D eigenvalue weighted by molar-refractivity contribution is 6.31. The fourth-order valence-electron chi connectivity index (χ4n) is 4.67. The van der Waals surface area contributed by atoms with Gasteiger partial charge in [0.15, 0.2) is 11.8 Å². The minimum Gasteiger partial charge on any atom is -0.370 e. The Kier molecular flexibility index (Phi) is 9.57. The van der Waals surface area contributed by atoms with Gasteiger partial charge in [0.05, 0.1) is 16.4 Å². The predicted molar refractivity (Wildman–Crippen MR) is 160 cm³/mol. The van der Waals surface area contributed by atoms with Crippen molar-refractivity contribution in [3.05, 3.63) is 81.1 Å². The molecule has 0 saturated heterocycles. The molecule has 212 valence electrons. The number of aromatic amines is 1. The molecule has 2 aromatic carbocycles. The second-order valence-corrected chi connectivity index (χ2v) is 10.6. The molecule has 11 heteroatoms. The number of fused-ring (bicyclic) bond motifs is 1. The summed E-state index contributed by atoms with van der Waals surface area (Å²) in [6, 6.07) is 12.6. The van der Waals surface area contributed by atoms with Crippen LogP contribution in [0.4, 0.5) is 4.39 Å². The molecular weight excluding hydrogens is 531 g/mol. The van der Waals surface area contributed by atoms with Crippen LogP contribution in [0.5, 0.6) is 0 Å². The fourth-order valence-corrected chi connectivity index (χ4v) is 4.91. The van der Waals surface area contributed by atoms with Gasteiger partial charge in [-0.05, 0) is 86.9 Å². The molecule has 0 spiro atoms. The predicted octanol–water partition coefficient (Wildman–Crippen LogP) is 4.29. The summed E-state index contributed by atoms with van der Waals surface area (Å²) in [5.74, 6) is -0.434. The van der Waals surface area contributed by atoms with Crippen molar-refractivity contribution in [1.82, 2.24) is 14.5 Å². The van der Waals surface area contributed by atoms with E-state index in [4.69, 9.17) is 34.5 Å². The molecule has 0 aliphatic heterocycles. The maximum Gasteiger partial charge on any atom is 0.354 e. The highest BCUT2D eigenvalue weighted by atomic mass is 35.5. The number of guanidine groups is 1. The molecule has 40 heavy (non-hydrogen) atoms. The number of hydrogen-bond acceptors (Lipinski definition) is 5. The van der Waals surface area contributed by atoms with Crippen molar-refractivity contribution in [3.63, 3.8) is 0 Å². The van der Waals surface area contributed by atoms with Crippen LogP contribution < -0.4 is 28.6 Å². The minimum absolute atomic E-state index is 0.0477. The van der Waals surface area contributed by atoms with Crippen LogP contribution in [0.15, 0.2) is 58.4 Å². The van der Waals surface area contributed by atoms with Crippen LogP contribution in [0, 0.1) is 5.82 Å². The number of nitrogens with one attached hydrogen (secondary N) is 1. The van der Waals surface area contributed by atoms with E-state index in [2.05, 4.69) is 15.0 Å². The van der Waals surface area contributed by atoms with Crippen molar-refractivity contribution in [2.45, 2.75) is 57.5 Å². The molecule has 2 atom stereocenters. The standard InChI is InChI=1S/C29H36ClFN8O/c1-17(32)5-4-6-18-13-22(26(31)23(30)14-18)25-15-20-16-39(29(40)38-27(20)37-25)21-10-8-19(9-11-21)24(33)7-2-3-12-36-28(34)35/h8-11,13-17,24H,2-7,12,32-33H2,1H3,(H4,34,35,36)(H,37,38,40)/t17-,24+/m0/s1. The number of aliphatic imine (C=N–C) groups is 1. The van der Waals surface area contributed by atoms with E-state index < -0.39 is 11.5 Å². The number of nitrogens with zero attached hydrogens (tertiary/aromatic N) is 3. The van der Waals surface area contributed by atoms with Crippen LogP contribution in [0.2, 0.25) is 5.02 Å². The lowest BCUT2D eigenvalue weighted by Crippen LogP contribution is -2.23. The maximum atomic E-state index is 15.0. The molecule has 0 aliphatic rings. The summed E-state index contributed by atoms with van der Waals surface area (Å²) in [6.45, 7) is 2.54. The van der Waals surface area contributed by atoms with E-state index in [1.54, 1.807) is 24.4 Å². The van der Waals surface area contributed by atoms with E-state index >= 15 is 4.39 Å². The highest BCUT2D eigenvalue weighted by Gasteiger charge is 2.16. The maximum absolute atomic E-state index is 15.0. The molecule has 9 nitrogen and oxygen atoms in total. The zero-order valence-electron chi connectivity index (χ0n) is 22.5. The summed E-state index contributed by atoms with van der Waals surface area (Å²) in [5, 5.41) is 0.709. The third kappa shape index (κ3) is 7.26. The van der Waals surface area contributed by atoms with Crippen molar-refractivity contribution < 1.29 is 4.39 Å². The van der Waals surface area contributed by atoms with E-state index in [-0.39, 0.29) is 23.1 Å². The topological polar surface area (TPSA) is 167 Å². The molecule has 9 N–H and O–H groups in total. The molecule has 0 saturated carbocycles.